The number of aryl methyl sites for hydroxylation is 1. The Bertz CT molecular complexity index is 460. The van der Waals surface area contributed by atoms with Crippen LogP contribution in [0.5, 0.6) is 0 Å². The Hall–Kier alpha value is -1.10. The lowest BCUT2D eigenvalue weighted by atomic mass is 10.1. The lowest BCUT2D eigenvalue weighted by molar-refractivity contribution is 0.00356. The highest BCUT2D eigenvalue weighted by molar-refractivity contribution is 5.51. The van der Waals surface area contributed by atoms with Crippen LogP contribution >= 0.6 is 0 Å². The van der Waals surface area contributed by atoms with E-state index in [9.17, 15) is 5.11 Å². The Kier molecular flexibility index (Phi) is 4.24. The predicted octanol–water partition coefficient (Wildman–Crippen LogP) is 1.44. The van der Waals surface area contributed by atoms with Gasteiger partial charge in [0.25, 0.3) is 0 Å². The van der Waals surface area contributed by atoms with Crippen LogP contribution in [0, 0.1) is 6.92 Å². The molecular weight excluding hydrogens is 252 g/mol. The molecule has 0 bridgehead atoms. The molecule has 2 fully saturated rings. The van der Waals surface area contributed by atoms with Gasteiger partial charge in [-0.05, 0) is 43.0 Å². The SMILES string of the molecule is Cc1cc(N2CCOC(CO)C2)ccc1CNC1CC1. The molecule has 0 radical (unpaired) electrons. The maximum absolute atomic E-state index is 9.22. The van der Waals surface area contributed by atoms with E-state index in [2.05, 4.69) is 35.3 Å². The minimum Gasteiger partial charge on any atom is -0.394 e. The van der Waals surface area contributed by atoms with Crippen molar-refractivity contribution in [3.05, 3.63) is 29.3 Å². The summed E-state index contributed by atoms with van der Waals surface area (Å²) in [5, 5.41) is 12.8. The summed E-state index contributed by atoms with van der Waals surface area (Å²) in [6.07, 6.45) is 2.60. The molecular formula is C16H24N2O2. The van der Waals surface area contributed by atoms with Crippen LogP contribution in [-0.2, 0) is 11.3 Å². The van der Waals surface area contributed by atoms with Crippen molar-refractivity contribution in [2.24, 2.45) is 0 Å². The molecule has 4 heteroatoms. The molecule has 1 atom stereocenters. The fourth-order valence-electron chi connectivity index (χ4n) is 2.68. The molecule has 110 valence electrons. The number of ether oxygens (including phenoxy) is 1. The van der Waals surface area contributed by atoms with Crippen molar-refractivity contribution in [1.82, 2.24) is 5.32 Å². The second-order valence-corrected chi connectivity index (χ2v) is 5.89. The molecule has 1 aliphatic heterocycles. The monoisotopic (exact) mass is 276 g/mol. The number of hydrogen-bond acceptors (Lipinski definition) is 4. The van der Waals surface area contributed by atoms with Gasteiger partial charge in [0.15, 0.2) is 0 Å². The van der Waals surface area contributed by atoms with Crippen molar-refractivity contribution in [2.75, 3.05) is 31.2 Å². The van der Waals surface area contributed by atoms with Crippen LogP contribution in [0.25, 0.3) is 0 Å². The smallest absolute Gasteiger partial charge is 0.0980 e. The van der Waals surface area contributed by atoms with Crippen LogP contribution in [-0.4, -0.2) is 43.6 Å². The van der Waals surface area contributed by atoms with Crippen LogP contribution in [0.15, 0.2) is 18.2 Å². The van der Waals surface area contributed by atoms with E-state index < -0.39 is 0 Å². The summed E-state index contributed by atoms with van der Waals surface area (Å²) in [5.74, 6) is 0. The standard InChI is InChI=1S/C16H24N2O2/c1-12-8-15(18-6-7-20-16(10-18)11-19)5-2-13(12)9-17-14-3-4-14/h2,5,8,14,16-17,19H,3-4,6-7,9-11H2,1H3. The summed E-state index contributed by atoms with van der Waals surface area (Å²) in [6.45, 7) is 5.61. The Morgan fingerprint density at radius 3 is 2.95 bits per heavy atom. The van der Waals surface area contributed by atoms with E-state index in [0.29, 0.717) is 6.61 Å². The summed E-state index contributed by atoms with van der Waals surface area (Å²) in [4.78, 5) is 2.30. The zero-order valence-corrected chi connectivity index (χ0v) is 12.1. The van der Waals surface area contributed by atoms with E-state index in [1.54, 1.807) is 0 Å². The Labute approximate surface area is 120 Å². The first-order chi connectivity index (χ1) is 9.76. The van der Waals surface area contributed by atoms with Gasteiger partial charge >= 0.3 is 0 Å². The van der Waals surface area contributed by atoms with Crippen molar-refractivity contribution >= 4 is 5.69 Å². The van der Waals surface area contributed by atoms with E-state index in [4.69, 9.17) is 4.74 Å². The maximum atomic E-state index is 9.22. The number of rotatable bonds is 5. The van der Waals surface area contributed by atoms with Gasteiger partial charge in [-0.1, -0.05) is 6.07 Å². The van der Waals surface area contributed by atoms with Crippen LogP contribution in [0.3, 0.4) is 0 Å². The quantitative estimate of drug-likeness (QED) is 0.854. The number of anilines is 1. The normalized spacial score (nSPS) is 23.1. The second-order valence-electron chi connectivity index (χ2n) is 5.89. The van der Waals surface area contributed by atoms with Gasteiger partial charge in [0, 0.05) is 31.4 Å². The van der Waals surface area contributed by atoms with Crippen LogP contribution in [0.4, 0.5) is 5.69 Å². The first-order valence-electron chi connectivity index (χ1n) is 7.56. The van der Waals surface area contributed by atoms with E-state index >= 15 is 0 Å². The first kappa shape index (κ1) is 13.9. The van der Waals surface area contributed by atoms with E-state index in [1.165, 1.54) is 29.7 Å². The molecule has 3 rings (SSSR count). The van der Waals surface area contributed by atoms with Crippen molar-refractivity contribution < 1.29 is 9.84 Å². The van der Waals surface area contributed by atoms with Gasteiger partial charge in [-0.15, -0.1) is 0 Å². The van der Waals surface area contributed by atoms with Crippen molar-refractivity contribution in [3.8, 4) is 0 Å². The van der Waals surface area contributed by atoms with Gasteiger partial charge < -0.3 is 20.1 Å². The fourth-order valence-corrected chi connectivity index (χ4v) is 2.68. The highest BCUT2D eigenvalue weighted by atomic mass is 16.5. The third-order valence-electron chi connectivity index (χ3n) is 4.19. The molecule has 1 heterocycles. The van der Waals surface area contributed by atoms with Gasteiger partial charge in [-0.3, -0.25) is 0 Å². The number of hydrogen-bond donors (Lipinski definition) is 2. The summed E-state index contributed by atoms with van der Waals surface area (Å²) < 4.78 is 5.50. The molecule has 2 N–H and O–H groups in total. The molecule has 1 aromatic rings. The fraction of sp³-hybridized carbons (Fsp3) is 0.625. The highest BCUT2D eigenvalue weighted by Gasteiger charge is 2.21. The topological polar surface area (TPSA) is 44.7 Å². The largest absolute Gasteiger partial charge is 0.394 e. The molecule has 0 amide bonds. The van der Waals surface area contributed by atoms with E-state index in [-0.39, 0.29) is 12.7 Å². The van der Waals surface area contributed by atoms with Gasteiger partial charge in [0.1, 0.15) is 0 Å². The molecule has 0 aromatic heterocycles. The Morgan fingerprint density at radius 2 is 2.25 bits per heavy atom. The van der Waals surface area contributed by atoms with Crippen molar-refractivity contribution in [3.63, 3.8) is 0 Å². The zero-order chi connectivity index (χ0) is 13.9. The third kappa shape index (κ3) is 3.32. The number of benzene rings is 1. The Morgan fingerprint density at radius 1 is 1.40 bits per heavy atom. The molecule has 1 aromatic carbocycles. The molecule has 1 unspecified atom stereocenters. The number of nitrogens with zero attached hydrogens (tertiary/aromatic N) is 1. The summed E-state index contributed by atoms with van der Waals surface area (Å²) >= 11 is 0. The molecule has 1 saturated carbocycles. The molecule has 20 heavy (non-hydrogen) atoms. The minimum atomic E-state index is -0.0553. The van der Waals surface area contributed by atoms with Gasteiger partial charge in [0.05, 0.1) is 19.3 Å². The number of aliphatic hydroxyl groups excluding tert-OH is 1. The molecule has 0 spiro atoms. The van der Waals surface area contributed by atoms with Crippen molar-refractivity contribution in [2.45, 2.75) is 38.5 Å². The lowest BCUT2D eigenvalue weighted by Gasteiger charge is -2.34. The summed E-state index contributed by atoms with van der Waals surface area (Å²) in [5.41, 5.74) is 3.95. The average Bonchev–Trinajstić information content (AvgIpc) is 3.30. The van der Waals surface area contributed by atoms with Gasteiger partial charge in [0.2, 0.25) is 0 Å². The molecule has 1 aliphatic carbocycles. The zero-order valence-electron chi connectivity index (χ0n) is 12.1. The molecule has 1 saturated heterocycles. The van der Waals surface area contributed by atoms with Crippen molar-refractivity contribution in [1.29, 1.82) is 0 Å². The summed E-state index contributed by atoms with van der Waals surface area (Å²) in [6, 6.07) is 7.42. The average molecular weight is 276 g/mol. The van der Waals surface area contributed by atoms with Crippen LogP contribution in [0.2, 0.25) is 0 Å². The highest BCUT2D eigenvalue weighted by Crippen LogP contribution is 2.23. The first-order valence-corrected chi connectivity index (χ1v) is 7.56. The van der Waals surface area contributed by atoms with Crippen LogP contribution < -0.4 is 10.2 Å². The van der Waals surface area contributed by atoms with E-state index in [0.717, 1.165) is 25.7 Å². The lowest BCUT2D eigenvalue weighted by Crippen LogP contribution is -2.44. The Balaban J connectivity index is 1.65. The third-order valence-corrected chi connectivity index (χ3v) is 4.19. The number of aliphatic hydroxyl groups is 1. The molecule has 4 nitrogen and oxygen atoms in total. The van der Waals surface area contributed by atoms with E-state index in [1.807, 2.05) is 0 Å². The van der Waals surface area contributed by atoms with Gasteiger partial charge in [-0.2, -0.15) is 0 Å². The minimum absolute atomic E-state index is 0.0553. The van der Waals surface area contributed by atoms with Crippen LogP contribution in [0.1, 0.15) is 24.0 Å². The number of morpholine rings is 1. The second kappa shape index (κ2) is 6.12. The molecule has 2 aliphatic rings. The number of nitrogens with one attached hydrogen (secondary N) is 1. The van der Waals surface area contributed by atoms with Gasteiger partial charge in [-0.25, -0.2) is 0 Å². The summed E-state index contributed by atoms with van der Waals surface area (Å²) in [7, 11) is 0. The maximum Gasteiger partial charge on any atom is 0.0980 e. The predicted molar refractivity (Wildman–Crippen MR) is 80.1 cm³/mol.